The Kier molecular flexibility index (Phi) is 6.30. The van der Waals surface area contributed by atoms with Gasteiger partial charge in [0.05, 0.1) is 5.69 Å². The second kappa shape index (κ2) is 8.65. The molecule has 0 saturated carbocycles. The van der Waals surface area contributed by atoms with Gasteiger partial charge in [-0.05, 0) is 56.5 Å². The Balaban J connectivity index is 1.42. The van der Waals surface area contributed by atoms with E-state index in [0.717, 1.165) is 42.7 Å². The summed E-state index contributed by atoms with van der Waals surface area (Å²) in [6.45, 7) is 5.51. The average Bonchev–Trinajstić information content (AvgIpc) is 3.07. The van der Waals surface area contributed by atoms with Crippen LogP contribution in [-0.2, 0) is 13.0 Å². The van der Waals surface area contributed by atoms with Crippen LogP contribution in [0.15, 0.2) is 41.1 Å². The molecule has 24 heavy (non-hydrogen) atoms. The highest BCUT2D eigenvalue weighted by Gasteiger charge is 2.21. The van der Waals surface area contributed by atoms with E-state index in [9.17, 15) is 0 Å². The van der Waals surface area contributed by atoms with E-state index in [1.165, 1.54) is 31.5 Å². The standard InChI is InChI=1S/C19H26ClN3O/c1-22(15-19-9-12-24-21-19)13-17-3-2-10-23(14-17)11-8-16-4-6-18(20)7-5-16/h4-7,9,12,17H,2-3,8,10-11,13-15H2,1H3. The fourth-order valence-corrected chi connectivity index (χ4v) is 3.67. The quantitative estimate of drug-likeness (QED) is 0.764. The van der Waals surface area contributed by atoms with E-state index in [4.69, 9.17) is 16.1 Å². The molecule has 1 saturated heterocycles. The molecule has 0 spiro atoms. The largest absolute Gasteiger partial charge is 0.364 e. The minimum Gasteiger partial charge on any atom is -0.364 e. The van der Waals surface area contributed by atoms with Gasteiger partial charge in [-0.15, -0.1) is 0 Å². The molecular weight excluding hydrogens is 322 g/mol. The van der Waals surface area contributed by atoms with Crippen LogP contribution in [0.2, 0.25) is 5.02 Å². The Hall–Kier alpha value is -1.36. The molecule has 0 aliphatic carbocycles. The number of likely N-dealkylation sites (tertiary alicyclic amines) is 1. The Labute approximate surface area is 149 Å². The molecule has 1 aliphatic rings. The van der Waals surface area contributed by atoms with Crippen LogP contribution in [-0.4, -0.2) is 48.2 Å². The molecule has 0 bridgehead atoms. The van der Waals surface area contributed by atoms with Crippen LogP contribution in [0.5, 0.6) is 0 Å². The van der Waals surface area contributed by atoms with Crippen molar-refractivity contribution in [1.29, 1.82) is 0 Å². The van der Waals surface area contributed by atoms with Crippen molar-refractivity contribution < 1.29 is 4.52 Å². The summed E-state index contributed by atoms with van der Waals surface area (Å²) in [5.41, 5.74) is 2.37. The molecule has 3 rings (SSSR count). The molecule has 0 amide bonds. The molecule has 2 aromatic rings. The van der Waals surface area contributed by atoms with Crippen molar-refractivity contribution in [2.45, 2.75) is 25.8 Å². The first-order valence-corrected chi connectivity index (χ1v) is 9.11. The Bertz CT molecular complexity index is 600. The minimum atomic E-state index is 0.737. The topological polar surface area (TPSA) is 32.5 Å². The molecule has 2 heterocycles. The third-order valence-electron chi connectivity index (χ3n) is 4.73. The third-order valence-corrected chi connectivity index (χ3v) is 4.98. The molecule has 1 unspecified atom stereocenters. The van der Waals surface area contributed by atoms with Crippen LogP contribution in [0.3, 0.4) is 0 Å². The monoisotopic (exact) mass is 347 g/mol. The van der Waals surface area contributed by atoms with Gasteiger partial charge in [-0.2, -0.15) is 0 Å². The van der Waals surface area contributed by atoms with Crippen molar-refractivity contribution in [3.63, 3.8) is 0 Å². The van der Waals surface area contributed by atoms with Gasteiger partial charge < -0.3 is 14.3 Å². The van der Waals surface area contributed by atoms with E-state index in [-0.39, 0.29) is 0 Å². The maximum atomic E-state index is 5.95. The lowest BCUT2D eigenvalue weighted by atomic mass is 9.97. The number of hydrogen-bond donors (Lipinski definition) is 0. The van der Waals surface area contributed by atoms with Gasteiger partial charge in [0.1, 0.15) is 6.26 Å². The number of halogens is 1. The summed E-state index contributed by atoms with van der Waals surface area (Å²) in [4.78, 5) is 4.96. The van der Waals surface area contributed by atoms with Crippen LogP contribution in [0.4, 0.5) is 0 Å². The van der Waals surface area contributed by atoms with Gasteiger partial charge in [-0.3, -0.25) is 0 Å². The van der Waals surface area contributed by atoms with Crippen LogP contribution >= 0.6 is 11.6 Å². The lowest BCUT2D eigenvalue weighted by molar-refractivity contribution is 0.141. The van der Waals surface area contributed by atoms with Crippen molar-refractivity contribution in [1.82, 2.24) is 15.0 Å². The molecule has 1 aromatic carbocycles. The molecule has 0 radical (unpaired) electrons. The molecule has 130 valence electrons. The zero-order valence-electron chi connectivity index (χ0n) is 14.3. The fraction of sp³-hybridized carbons (Fsp3) is 0.526. The van der Waals surface area contributed by atoms with E-state index < -0.39 is 0 Å². The highest BCUT2D eigenvalue weighted by Crippen LogP contribution is 2.19. The third kappa shape index (κ3) is 5.33. The summed E-state index contributed by atoms with van der Waals surface area (Å²) in [6.07, 6.45) is 5.35. The number of benzene rings is 1. The van der Waals surface area contributed by atoms with Crippen molar-refractivity contribution in [3.8, 4) is 0 Å². The minimum absolute atomic E-state index is 0.737. The second-order valence-corrected chi connectivity index (χ2v) is 7.31. The van der Waals surface area contributed by atoms with E-state index in [2.05, 4.69) is 34.1 Å². The average molecular weight is 348 g/mol. The number of nitrogens with zero attached hydrogens (tertiary/aromatic N) is 3. The molecular formula is C19H26ClN3O. The maximum absolute atomic E-state index is 5.95. The first-order chi connectivity index (χ1) is 11.7. The van der Waals surface area contributed by atoms with Gasteiger partial charge in [-0.1, -0.05) is 28.9 Å². The van der Waals surface area contributed by atoms with Gasteiger partial charge in [0.2, 0.25) is 0 Å². The molecule has 1 atom stereocenters. The molecule has 1 aliphatic heterocycles. The van der Waals surface area contributed by atoms with Gasteiger partial charge in [-0.25, -0.2) is 0 Å². The molecule has 0 N–H and O–H groups in total. The van der Waals surface area contributed by atoms with Gasteiger partial charge in [0, 0.05) is 37.3 Å². The van der Waals surface area contributed by atoms with Crippen LogP contribution < -0.4 is 0 Å². The predicted molar refractivity (Wildman–Crippen MR) is 97.2 cm³/mol. The highest BCUT2D eigenvalue weighted by atomic mass is 35.5. The maximum Gasteiger partial charge on any atom is 0.124 e. The van der Waals surface area contributed by atoms with Crippen molar-refractivity contribution in [2.75, 3.05) is 33.2 Å². The summed E-state index contributed by atoms with van der Waals surface area (Å²) in [6, 6.07) is 10.2. The Morgan fingerprint density at radius 2 is 2.12 bits per heavy atom. The summed E-state index contributed by atoms with van der Waals surface area (Å²) < 4.78 is 4.91. The first-order valence-electron chi connectivity index (χ1n) is 8.73. The highest BCUT2D eigenvalue weighted by molar-refractivity contribution is 6.30. The lowest BCUT2D eigenvalue weighted by Gasteiger charge is -2.34. The fourth-order valence-electron chi connectivity index (χ4n) is 3.54. The number of aromatic nitrogens is 1. The van der Waals surface area contributed by atoms with Crippen LogP contribution in [0.1, 0.15) is 24.1 Å². The van der Waals surface area contributed by atoms with Crippen molar-refractivity contribution in [3.05, 3.63) is 52.9 Å². The summed E-state index contributed by atoms with van der Waals surface area (Å²) in [5.74, 6) is 0.737. The normalized spacial score (nSPS) is 19.0. The molecule has 1 fully saturated rings. The predicted octanol–water partition coefficient (Wildman–Crippen LogP) is 3.71. The SMILES string of the molecule is CN(Cc1ccon1)CC1CCCN(CCc2ccc(Cl)cc2)C1. The summed E-state index contributed by atoms with van der Waals surface area (Å²) in [5, 5.41) is 4.81. The van der Waals surface area contributed by atoms with Crippen molar-refractivity contribution in [2.24, 2.45) is 5.92 Å². The van der Waals surface area contributed by atoms with E-state index >= 15 is 0 Å². The van der Waals surface area contributed by atoms with Gasteiger partial charge >= 0.3 is 0 Å². The van der Waals surface area contributed by atoms with Crippen LogP contribution in [0, 0.1) is 5.92 Å². The summed E-state index contributed by atoms with van der Waals surface area (Å²) >= 11 is 5.95. The second-order valence-electron chi connectivity index (χ2n) is 6.87. The van der Waals surface area contributed by atoms with Gasteiger partial charge in [0.15, 0.2) is 0 Å². The number of rotatable bonds is 7. The smallest absolute Gasteiger partial charge is 0.124 e. The van der Waals surface area contributed by atoms with Crippen molar-refractivity contribution >= 4 is 11.6 Å². The zero-order chi connectivity index (χ0) is 16.8. The first kappa shape index (κ1) is 17.5. The number of piperidine rings is 1. The molecule has 1 aromatic heterocycles. The van der Waals surface area contributed by atoms with Gasteiger partial charge in [0.25, 0.3) is 0 Å². The Morgan fingerprint density at radius 3 is 2.88 bits per heavy atom. The van der Waals surface area contributed by atoms with E-state index in [1.807, 2.05) is 18.2 Å². The number of hydrogen-bond acceptors (Lipinski definition) is 4. The lowest BCUT2D eigenvalue weighted by Crippen LogP contribution is -2.40. The summed E-state index contributed by atoms with van der Waals surface area (Å²) in [7, 11) is 2.17. The zero-order valence-corrected chi connectivity index (χ0v) is 15.1. The van der Waals surface area contributed by atoms with E-state index in [0.29, 0.717) is 0 Å². The van der Waals surface area contributed by atoms with E-state index in [1.54, 1.807) is 6.26 Å². The Morgan fingerprint density at radius 1 is 1.29 bits per heavy atom. The molecule has 5 heteroatoms. The molecule has 4 nitrogen and oxygen atoms in total. The van der Waals surface area contributed by atoms with Crippen LogP contribution in [0.25, 0.3) is 0 Å².